The Kier molecular flexibility index (Phi) is 4.14. The number of carbonyl (C=O) groups is 1. The molecular formula is C14H20N2O3. The number of ether oxygens (including phenoxy) is 2. The summed E-state index contributed by atoms with van der Waals surface area (Å²) in [5, 5.41) is 3.19. The Labute approximate surface area is 113 Å². The first-order valence-electron chi connectivity index (χ1n) is 6.60. The molecule has 0 radical (unpaired) electrons. The Balaban J connectivity index is 2.02. The minimum absolute atomic E-state index is 0.0997. The van der Waals surface area contributed by atoms with E-state index in [1.807, 2.05) is 43.9 Å². The average molecular weight is 264 g/mol. The molecule has 5 heteroatoms. The molecule has 0 aromatic heterocycles. The number of nitrogens with one attached hydrogen (secondary N) is 1. The number of hydrogen-bond donors (Lipinski definition) is 1. The van der Waals surface area contributed by atoms with Gasteiger partial charge < -0.3 is 19.7 Å². The summed E-state index contributed by atoms with van der Waals surface area (Å²) in [6.45, 7) is 7.53. The van der Waals surface area contributed by atoms with Crippen LogP contribution in [0.25, 0.3) is 0 Å². The number of carbonyl (C=O) groups excluding carboxylic acids is 1. The zero-order valence-corrected chi connectivity index (χ0v) is 11.6. The third kappa shape index (κ3) is 2.92. The van der Waals surface area contributed by atoms with Gasteiger partial charge in [0.2, 0.25) is 12.7 Å². The van der Waals surface area contributed by atoms with E-state index < -0.39 is 0 Å². The van der Waals surface area contributed by atoms with Crippen molar-refractivity contribution in [1.29, 1.82) is 0 Å². The van der Waals surface area contributed by atoms with Crippen molar-refractivity contribution in [2.45, 2.75) is 26.8 Å². The van der Waals surface area contributed by atoms with Crippen LogP contribution in [0.2, 0.25) is 0 Å². The molecule has 1 aliphatic heterocycles. The molecule has 0 saturated heterocycles. The molecule has 19 heavy (non-hydrogen) atoms. The number of rotatable bonds is 5. The van der Waals surface area contributed by atoms with E-state index in [4.69, 9.17) is 9.47 Å². The van der Waals surface area contributed by atoms with E-state index in [2.05, 4.69) is 5.32 Å². The summed E-state index contributed by atoms with van der Waals surface area (Å²) in [7, 11) is 0. The minimum Gasteiger partial charge on any atom is -0.454 e. The van der Waals surface area contributed by atoms with Crippen molar-refractivity contribution < 1.29 is 14.3 Å². The second-order valence-electron chi connectivity index (χ2n) is 4.44. The highest BCUT2D eigenvalue weighted by Gasteiger charge is 2.19. The predicted octanol–water partition coefficient (Wildman–Crippen LogP) is 2.08. The van der Waals surface area contributed by atoms with Crippen LogP contribution in [-0.2, 0) is 4.79 Å². The molecule has 1 aromatic carbocycles. The van der Waals surface area contributed by atoms with Crippen molar-refractivity contribution in [3.63, 3.8) is 0 Å². The van der Waals surface area contributed by atoms with Crippen LogP contribution in [0.5, 0.6) is 11.5 Å². The van der Waals surface area contributed by atoms with Gasteiger partial charge in [-0.3, -0.25) is 4.79 Å². The van der Waals surface area contributed by atoms with E-state index >= 15 is 0 Å². The Hall–Kier alpha value is -1.91. The largest absolute Gasteiger partial charge is 0.454 e. The molecule has 5 nitrogen and oxygen atoms in total. The van der Waals surface area contributed by atoms with Gasteiger partial charge in [0.15, 0.2) is 11.5 Å². The van der Waals surface area contributed by atoms with E-state index in [0.29, 0.717) is 5.75 Å². The first kappa shape index (κ1) is 13.5. The van der Waals surface area contributed by atoms with Crippen LogP contribution in [-0.4, -0.2) is 36.7 Å². The highest BCUT2D eigenvalue weighted by Crippen LogP contribution is 2.34. The maximum absolute atomic E-state index is 12.2. The predicted molar refractivity (Wildman–Crippen MR) is 73.6 cm³/mol. The molecule has 0 fully saturated rings. The third-order valence-corrected chi connectivity index (χ3v) is 3.20. The zero-order valence-electron chi connectivity index (χ0n) is 11.6. The molecule has 2 rings (SSSR count). The van der Waals surface area contributed by atoms with Gasteiger partial charge in [-0.05, 0) is 32.9 Å². The summed E-state index contributed by atoms with van der Waals surface area (Å²) in [5.41, 5.74) is 0.859. The molecule has 0 aliphatic carbocycles. The number of likely N-dealkylation sites (N-methyl/N-ethyl adjacent to an activating group) is 1. The van der Waals surface area contributed by atoms with Crippen molar-refractivity contribution in [2.75, 3.05) is 25.2 Å². The van der Waals surface area contributed by atoms with Crippen molar-refractivity contribution in [3.05, 3.63) is 18.2 Å². The summed E-state index contributed by atoms with van der Waals surface area (Å²) < 4.78 is 10.6. The molecule has 0 bridgehead atoms. The van der Waals surface area contributed by atoms with Gasteiger partial charge in [-0.25, -0.2) is 0 Å². The Morgan fingerprint density at radius 3 is 2.68 bits per heavy atom. The SMILES string of the molecule is CCN(CC)C(=O)C(C)Nc1ccc2c(c1)OCO2. The Bertz CT molecular complexity index is 458. The third-order valence-electron chi connectivity index (χ3n) is 3.20. The lowest BCUT2D eigenvalue weighted by molar-refractivity contribution is -0.131. The fraction of sp³-hybridized carbons (Fsp3) is 0.500. The number of nitrogens with zero attached hydrogens (tertiary/aromatic N) is 1. The lowest BCUT2D eigenvalue weighted by atomic mass is 10.2. The first-order valence-corrected chi connectivity index (χ1v) is 6.60. The van der Waals surface area contributed by atoms with Gasteiger partial charge in [0.05, 0.1) is 0 Å². The standard InChI is InChI=1S/C14H20N2O3/c1-4-16(5-2)14(17)10(3)15-11-6-7-12-13(8-11)19-9-18-12/h6-8,10,15H,4-5,9H2,1-3H3. The van der Waals surface area contributed by atoms with Crippen LogP contribution in [0.4, 0.5) is 5.69 Å². The molecule has 1 atom stereocenters. The summed E-state index contributed by atoms with van der Waals surface area (Å²) in [6, 6.07) is 5.33. The van der Waals surface area contributed by atoms with Crippen LogP contribution in [0.3, 0.4) is 0 Å². The smallest absolute Gasteiger partial charge is 0.244 e. The van der Waals surface area contributed by atoms with E-state index in [0.717, 1.165) is 24.5 Å². The summed E-state index contributed by atoms with van der Waals surface area (Å²) in [5.74, 6) is 1.56. The maximum atomic E-state index is 12.2. The van der Waals surface area contributed by atoms with Crippen molar-refractivity contribution >= 4 is 11.6 Å². The molecule has 1 heterocycles. The summed E-state index contributed by atoms with van der Waals surface area (Å²) in [6.07, 6.45) is 0. The number of benzene rings is 1. The lowest BCUT2D eigenvalue weighted by Crippen LogP contribution is -2.41. The Morgan fingerprint density at radius 1 is 1.32 bits per heavy atom. The van der Waals surface area contributed by atoms with Crippen LogP contribution >= 0.6 is 0 Å². The van der Waals surface area contributed by atoms with Gasteiger partial charge in [0, 0.05) is 24.8 Å². The topological polar surface area (TPSA) is 50.8 Å². The number of fused-ring (bicyclic) bond motifs is 1. The average Bonchev–Trinajstić information content (AvgIpc) is 2.87. The molecule has 0 saturated carbocycles. The van der Waals surface area contributed by atoms with Crippen LogP contribution in [0.1, 0.15) is 20.8 Å². The van der Waals surface area contributed by atoms with E-state index in [9.17, 15) is 4.79 Å². The fourth-order valence-electron chi connectivity index (χ4n) is 2.11. The van der Waals surface area contributed by atoms with E-state index in [1.54, 1.807) is 0 Å². The number of hydrogen-bond acceptors (Lipinski definition) is 4. The summed E-state index contributed by atoms with van der Waals surface area (Å²) >= 11 is 0. The highest BCUT2D eigenvalue weighted by atomic mass is 16.7. The van der Waals surface area contributed by atoms with Crippen molar-refractivity contribution in [1.82, 2.24) is 4.90 Å². The maximum Gasteiger partial charge on any atom is 0.244 e. The molecule has 1 amide bonds. The molecular weight excluding hydrogens is 244 g/mol. The molecule has 0 spiro atoms. The quantitative estimate of drug-likeness (QED) is 0.884. The van der Waals surface area contributed by atoms with Crippen LogP contribution in [0.15, 0.2) is 18.2 Å². The van der Waals surface area contributed by atoms with Crippen molar-refractivity contribution in [2.24, 2.45) is 0 Å². The van der Waals surface area contributed by atoms with Crippen LogP contribution < -0.4 is 14.8 Å². The second kappa shape index (κ2) is 5.82. The minimum atomic E-state index is -0.264. The molecule has 1 aromatic rings. The highest BCUT2D eigenvalue weighted by molar-refractivity contribution is 5.84. The fourth-order valence-corrected chi connectivity index (χ4v) is 2.11. The van der Waals surface area contributed by atoms with E-state index in [1.165, 1.54) is 0 Å². The van der Waals surface area contributed by atoms with Crippen LogP contribution in [0, 0.1) is 0 Å². The second-order valence-corrected chi connectivity index (χ2v) is 4.44. The normalized spacial score (nSPS) is 14.1. The van der Waals surface area contributed by atoms with Gasteiger partial charge in [-0.15, -0.1) is 0 Å². The summed E-state index contributed by atoms with van der Waals surface area (Å²) in [4.78, 5) is 14.0. The van der Waals surface area contributed by atoms with E-state index in [-0.39, 0.29) is 18.7 Å². The van der Waals surface area contributed by atoms with Crippen molar-refractivity contribution in [3.8, 4) is 11.5 Å². The van der Waals surface area contributed by atoms with Gasteiger partial charge in [-0.2, -0.15) is 0 Å². The molecule has 1 unspecified atom stereocenters. The molecule has 1 aliphatic rings. The number of anilines is 1. The first-order chi connectivity index (χ1) is 9.15. The van der Waals surface area contributed by atoms with Gasteiger partial charge in [-0.1, -0.05) is 0 Å². The Morgan fingerprint density at radius 2 is 2.00 bits per heavy atom. The van der Waals surface area contributed by atoms with Gasteiger partial charge >= 0.3 is 0 Å². The molecule has 104 valence electrons. The van der Waals surface area contributed by atoms with Gasteiger partial charge in [0.1, 0.15) is 6.04 Å². The monoisotopic (exact) mass is 264 g/mol. The number of amides is 1. The van der Waals surface area contributed by atoms with Gasteiger partial charge in [0.25, 0.3) is 0 Å². The molecule has 1 N–H and O–H groups in total. The lowest BCUT2D eigenvalue weighted by Gasteiger charge is -2.24. The zero-order chi connectivity index (χ0) is 13.8.